The van der Waals surface area contributed by atoms with E-state index < -0.39 is 0 Å². The van der Waals surface area contributed by atoms with E-state index in [0.717, 1.165) is 11.3 Å². The van der Waals surface area contributed by atoms with Gasteiger partial charge < -0.3 is 5.32 Å². The highest BCUT2D eigenvalue weighted by molar-refractivity contribution is 5.55. The molecule has 5 heteroatoms. The number of anilines is 2. The van der Waals surface area contributed by atoms with Crippen LogP contribution in [-0.2, 0) is 16.4 Å². The fourth-order valence-electron chi connectivity index (χ4n) is 1.32. The van der Waals surface area contributed by atoms with Gasteiger partial charge in [0.1, 0.15) is 12.4 Å². The minimum Gasteiger partial charge on any atom is -0.339 e. The lowest BCUT2D eigenvalue weighted by atomic mass is 10.2. The van der Waals surface area contributed by atoms with E-state index in [9.17, 15) is 0 Å². The van der Waals surface area contributed by atoms with Gasteiger partial charge in [0.15, 0.2) is 0 Å². The van der Waals surface area contributed by atoms with Gasteiger partial charge in [-0.25, -0.2) is 14.8 Å². The van der Waals surface area contributed by atoms with E-state index in [1.54, 1.807) is 18.6 Å². The first-order valence-corrected chi connectivity index (χ1v) is 5.16. The maximum atomic E-state index is 4.83. The predicted molar refractivity (Wildman–Crippen MR) is 63.6 cm³/mol. The largest absolute Gasteiger partial charge is 0.339 e. The van der Waals surface area contributed by atoms with E-state index in [-0.39, 0.29) is 0 Å². The van der Waals surface area contributed by atoms with Gasteiger partial charge in [0, 0.05) is 18.1 Å². The van der Waals surface area contributed by atoms with Crippen molar-refractivity contribution in [2.45, 2.75) is 6.61 Å². The first kappa shape index (κ1) is 11.5. The summed E-state index contributed by atoms with van der Waals surface area (Å²) in [4.78, 5) is 17.5. The second-order valence-corrected chi connectivity index (χ2v) is 3.34. The number of benzene rings is 1. The molecule has 1 heterocycles. The van der Waals surface area contributed by atoms with E-state index in [1.807, 2.05) is 24.3 Å². The maximum absolute atomic E-state index is 4.83. The predicted octanol–water partition coefficient (Wildman–Crippen LogP) is 2.30. The molecule has 0 unspecified atom stereocenters. The maximum Gasteiger partial charge on any atom is 0.148 e. The smallest absolute Gasteiger partial charge is 0.148 e. The SMILES string of the molecule is COOCc1ccc(Nc2cnccn2)cc1. The molecule has 1 N–H and O–H groups in total. The fourth-order valence-corrected chi connectivity index (χ4v) is 1.32. The molecular weight excluding hydrogens is 218 g/mol. The molecule has 1 aromatic heterocycles. The van der Waals surface area contributed by atoms with Gasteiger partial charge in [0.2, 0.25) is 0 Å². The fraction of sp³-hybridized carbons (Fsp3) is 0.167. The van der Waals surface area contributed by atoms with Crippen LogP contribution in [0.4, 0.5) is 11.5 Å². The normalized spacial score (nSPS) is 10.2. The summed E-state index contributed by atoms with van der Waals surface area (Å²) in [6.45, 7) is 0.432. The minimum absolute atomic E-state index is 0.432. The van der Waals surface area contributed by atoms with Crippen molar-refractivity contribution in [3.8, 4) is 0 Å². The van der Waals surface area contributed by atoms with Crippen LogP contribution in [-0.4, -0.2) is 17.1 Å². The Morgan fingerprint density at radius 2 is 2.00 bits per heavy atom. The van der Waals surface area contributed by atoms with Gasteiger partial charge in [-0.3, -0.25) is 4.98 Å². The lowest BCUT2D eigenvalue weighted by Crippen LogP contribution is -1.95. The van der Waals surface area contributed by atoms with Crippen molar-refractivity contribution in [3.63, 3.8) is 0 Å². The molecule has 0 radical (unpaired) electrons. The molecule has 88 valence electrons. The Labute approximate surface area is 99.4 Å². The Kier molecular flexibility index (Phi) is 4.01. The summed E-state index contributed by atoms with van der Waals surface area (Å²) in [5, 5.41) is 3.14. The molecule has 0 amide bonds. The molecule has 0 fully saturated rings. The van der Waals surface area contributed by atoms with Gasteiger partial charge in [-0.05, 0) is 17.7 Å². The van der Waals surface area contributed by atoms with Gasteiger partial charge in [0.25, 0.3) is 0 Å². The van der Waals surface area contributed by atoms with Gasteiger partial charge in [0.05, 0.1) is 13.3 Å². The summed E-state index contributed by atoms with van der Waals surface area (Å²) in [6.07, 6.45) is 4.95. The van der Waals surface area contributed by atoms with Crippen LogP contribution in [0.25, 0.3) is 0 Å². The van der Waals surface area contributed by atoms with Gasteiger partial charge in [-0.2, -0.15) is 0 Å². The molecule has 0 atom stereocenters. The van der Waals surface area contributed by atoms with E-state index in [2.05, 4.69) is 20.2 Å². The van der Waals surface area contributed by atoms with Crippen LogP contribution in [0.3, 0.4) is 0 Å². The van der Waals surface area contributed by atoms with E-state index in [4.69, 9.17) is 4.89 Å². The lowest BCUT2D eigenvalue weighted by molar-refractivity contribution is -0.282. The zero-order valence-electron chi connectivity index (χ0n) is 9.46. The Morgan fingerprint density at radius 1 is 1.18 bits per heavy atom. The summed E-state index contributed by atoms with van der Waals surface area (Å²) in [5.41, 5.74) is 1.99. The summed E-state index contributed by atoms with van der Waals surface area (Å²) in [7, 11) is 1.49. The standard InChI is InChI=1S/C12H13N3O2/c1-16-17-9-10-2-4-11(5-3-10)15-12-8-13-6-7-14-12/h2-8H,9H2,1H3,(H,14,15). The van der Waals surface area contributed by atoms with Crippen molar-refractivity contribution >= 4 is 11.5 Å². The Hall–Kier alpha value is -1.98. The topological polar surface area (TPSA) is 56.3 Å². The van der Waals surface area contributed by atoms with Crippen molar-refractivity contribution in [3.05, 3.63) is 48.4 Å². The third kappa shape index (κ3) is 3.51. The van der Waals surface area contributed by atoms with Crippen LogP contribution in [0.2, 0.25) is 0 Å². The third-order valence-electron chi connectivity index (χ3n) is 2.13. The van der Waals surface area contributed by atoms with Crippen molar-refractivity contribution < 1.29 is 9.78 Å². The molecule has 17 heavy (non-hydrogen) atoms. The second kappa shape index (κ2) is 5.93. The van der Waals surface area contributed by atoms with Crippen LogP contribution >= 0.6 is 0 Å². The molecule has 0 spiro atoms. The summed E-state index contributed by atoms with van der Waals surface area (Å²) in [5.74, 6) is 0.716. The lowest BCUT2D eigenvalue weighted by Gasteiger charge is -2.05. The molecule has 2 aromatic rings. The number of hydrogen-bond acceptors (Lipinski definition) is 5. The first-order valence-electron chi connectivity index (χ1n) is 5.16. The number of aromatic nitrogens is 2. The van der Waals surface area contributed by atoms with Crippen LogP contribution in [0, 0.1) is 0 Å². The molecule has 0 saturated carbocycles. The average Bonchev–Trinajstić information content (AvgIpc) is 2.39. The molecule has 1 aromatic carbocycles. The summed E-state index contributed by atoms with van der Waals surface area (Å²) < 4.78 is 0. The zero-order valence-corrected chi connectivity index (χ0v) is 9.46. The quantitative estimate of drug-likeness (QED) is 0.632. The van der Waals surface area contributed by atoms with E-state index >= 15 is 0 Å². The Balaban J connectivity index is 1.98. The molecule has 5 nitrogen and oxygen atoms in total. The summed E-state index contributed by atoms with van der Waals surface area (Å²) in [6, 6.07) is 7.81. The van der Waals surface area contributed by atoms with Crippen LogP contribution < -0.4 is 5.32 Å². The highest BCUT2D eigenvalue weighted by Crippen LogP contribution is 2.14. The van der Waals surface area contributed by atoms with Gasteiger partial charge >= 0.3 is 0 Å². The van der Waals surface area contributed by atoms with Gasteiger partial charge in [-0.1, -0.05) is 12.1 Å². The van der Waals surface area contributed by atoms with Gasteiger partial charge in [-0.15, -0.1) is 0 Å². The highest BCUT2D eigenvalue weighted by atomic mass is 17.2. The number of nitrogens with one attached hydrogen (secondary N) is 1. The van der Waals surface area contributed by atoms with E-state index in [1.165, 1.54) is 7.11 Å². The van der Waals surface area contributed by atoms with Crippen molar-refractivity contribution in [2.75, 3.05) is 12.4 Å². The number of hydrogen-bond donors (Lipinski definition) is 1. The molecule has 0 saturated heterocycles. The second-order valence-electron chi connectivity index (χ2n) is 3.34. The average molecular weight is 231 g/mol. The molecule has 0 bridgehead atoms. The van der Waals surface area contributed by atoms with Crippen LogP contribution in [0.15, 0.2) is 42.9 Å². The first-order chi connectivity index (χ1) is 8.38. The van der Waals surface area contributed by atoms with E-state index in [0.29, 0.717) is 12.4 Å². The number of nitrogens with zero attached hydrogens (tertiary/aromatic N) is 2. The Morgan fingerprint density at radius 3 is 2.65 bits per heavy atom. The van der Waals surface area contributed by atoms with Crippen molar-refractivity contribution in [2.24, 2.45) is 0 Å². The molecular formula is C12H13N3O2. The molecule has 2 rings (SSSR count). The minimum atomic E-state index is 0.432. The van der Waals surface area contributed by atoms with Crippen molar-refractivity contribution in [1.82, 2.24) is 9.97 Å². The number of rotatable bonds is 5. The third-order valence-corrected chi connectivity index (χ3v) is 2.13. The molecule has 0 aliphatic carbocycles. The van der Waals surface area contributed by atoms with Crippen LogP contribution in [0.1, 0.15) is 5.56 Å². The monoisotopic (exact) mass is 231 g/mol. The van der Waals surface area contributed by atoms with Crippen LogP contribution in [0.5, 0.6) is 0 Å². The van der Waals surface area contributed by atoms with Crippen molar-refractivity contribution in [1.29, 1.82) is 0 Å². The highest BCUT2D eigenvalue weighted by Gasteiger charge is 1.97. The zero-order chi connectivity index (χ0) is 11.9. The summed E-state index contributed by atoms with van der Waals surface area (Å²) >= 11 is 0. The molecule has 0 aliphatic rings. The molecule has 0 aliphatic heterocycles. The Bertz CT molecular complexity index is 445.